The van der Waals surface area contributed by atoms with E-state index in [2.05, 4.69) is 16.0 Å². The fourth-order valence-electron chi connectivity index (χ4n) is 3.44. The molecule has 1 aliphatic rings. The van der Waals surface area contributed by atoms with Crippen LogP contribution in [0.5, 0.6) is 5.75 Å². The molecule has 0 radical (unpaired) electrons. The molecule has 0 amide bonds. The van der Waals surface area contributed by atoms with Gasteiger partial charge in [0, 0.05) is 12.3 Å². The second-order valence-corrected chi connectivity index (χ2v) is 11.4. The van der Waals surface area contributed by atoms with Gasteiger partial charge in [-0.1, -0.05) is 24.1 Å². The first-order chi connectivity index (χ1) is 17.0. The van der Waals surface area contributed by atoms with E-state index < -0.39 is 54.3 Å². The summed E-state index contributed by atoms with van der Waals surface area (Å²) < 4.78 is 24.0. The van der Waals surface area contributed by atoms with E-state index in [4.69, 9.17) is 36.8 Å². The van der Waals surface area contributed by atoms with Crippen molar-refractivity contribution in [2.24, 2.45) is 5.92 Å². The Bertz CT molecular complexity index is 1260. The van der Waals surface area contributed by atoms with Crippen LogP contribution in [-0.2, 0) is 30.6 Å². The molecule has 1 aromatic heterocycles. The molecule has 194 valence electrons. The zero-order valence-electron chi connectivity index (χ0n) is 19.9. The Morgan fingerprint density at radius 1 is 1.31 bits per heavy atom. The smallest absolute Gasteiger partial charge is 0.330 e. The topological polar surface area (TPSA) is 141 Å². The molecule has 0 saturated carbocycles. The highest BCUT2D eigenvalue weighted by molar-refractivity contribution is 8.09. The van der Waals surface area contributed by atoms with Crippen LogP contribution in [0, 0.1) is 18.3 Å². The van der Waals surface area contributed by atoms with Crippen molar-refractivity contribution in [1.29, 1.82) is 0 Å². The van der Waals surface area contributed by atoms with Gasteiger partial charge in [0.15, 0.2) is 6.23 Å². The Hall–Kier alpha value is -2.78. The zero-order valence-corrected chi connectivity index (χ0v) is 21.6. The number of hydrogen-bond donors (Lipinski definition) is 3. The van der Waals surface area contributed by atoms with E-state index in [1.807, 2.05) is 0 Å². The average Bonchev–Trinajstić information content (AvgIpc) is 3.12. The second kappa shape index (κ2) is 12.0. The highest BCUT2D eigenvalue weighted by Crippen LogP contribution is 2.46. The third-order valence-corrected chi connectivity index (χ3v) is 7.62. The lowest BCUT2D eigenvalue weighted by Crippen LogP contribution is -2.37. The summed E-state index contributed by atoms with van der Waals surface area (Å²) in [7, 11) is 0. The van der Waals surface area contributed by atoms with Gasteiger partial charge in [-0.3, -0.25) is 19.1 Å². The van der Waals surface area contributed by atoms with Crippen LogP contribution >= 0.6 is 6.64 Å². The van der Waals surface area contributed by atoms with Crippen molar-refractivity contribution in [3.63, 3.8) is 0 Å². The van der Waals surface area contributed by atoms with Crippen LogP contribution in [0.3, 0.4) is 0 Å². The molecular formula is C23H28N3O8PS. The van der Waals surface area contributed by atoms with Gasteiger partial charge in [-0.2, -0.15) is 0 Å². The minimum atomic E-state index is -3.39. The van der Waals surface area contributed by atoms with Gasteiger partial charge >= 0.3 is 18.3 Å². The van der Waals surface area contributed by atoms with Gasteiger partial charge in [0.1, 0.15) is 24.0 Å². The average molecular weight is 538 g/mol. The molecule has 0 spiro atoms. The van der Waals surface area contributed by atoms with Crippen molar-refractivity contribution < 1.29 is 28.4 Å². The number of H-pyrrole nitrogens is 1. The van der Waals surface area contributed by atoms with Crippen molar-refractivity contribution in [1.82, 2.24) is 14.6 Å². The molecule has 6 unspecified atom stereocenters. The molecule has 1 aromatic carbocycles. The number of nitrogens with zero attached hydrogens (tertiary/aromatic N) is 1. The Labute approximate surface area is 213 Å². The maximum atomic E-state index is 12.4. The number of aromatic amines is 1. The van der Waals surface area contributed by atoms with E-state index in [-0.39, 0.29) is 12.7 Å². The first kappa shape index (κ1) is 27.8. The van der Waals surface area contributed by atoms with Crippen molar-refractivity contribution >= 4 is 24.4 Å². The first-order valence-electron chi connectivity index (χ1n) is 11.1. The van der Waals surface area contributed by atoms with Crippen molar-refractivity contribution in [3.8, 4) is 18.1 Å². The SMILES string of the molecule is C#CC1C(O)C(COP(=S)(NC(C)C(=O)OC(C)C)Oc2ccccc2)OC1n1ccc(=O)[nH]c1=O. The number of aliphatic hydroxyl groups excluding tert-OH is 1. The van der Waals surface area contributed by atoms with Crippen LogP contribution in [0.25, 0.3) is 0 Å². The maximum Gasteiger partial charge on any atom is 0.330 e. The van der Waals surface area contributed by atoms with Crippen molar-refractivity contribution in [2.45, 2.75) is 51.4 Å². The minimum Gasteiger partial charge on any atom is -0.462 e. The molecule has 1 fully saturated rings. The lowest BCUT2D eigenvalue weighted by molar-refractivity contribution is -0.149. The van der Waals surface area contributed by atoms with Gasteiger partial charge < -0.3 is 23.6 Å². The molecule has 3 N–H and O–H groups in total. The summed E-state index contributed by atoms with van der Waals surface area (Å²) in [5, 5.41) is 13.7. The first-order valence-corrected chi connectivity index (χ1v) is 13.8. The fraction of sp³-hybridized carbons (Fsp3) is 0.435. The molecule has 3 rings (SSSR count). The lowest BCUT2D eigenvalue weighted by Gasteiger charge is -2.28. The van der Waals surface area contributed by atoms with Crippen LogP contribution < -0.4 is 20.9 Å². The Morgan fingerprint density at radius 3 is 2.61 bits per heavy atom. The van der Waals surface area contributed by atoms with Crippen LogP contribution in [0.15, 0.2) is 52.2 Å². The van der Waals surface area contributed by atoms with E-state index >= 15 is 0 Å². The lowest BCUT2D eigenvalue weighted by atomic mass is 10.0. The Morgan fingerprint density at radius 2 is 2.00 bits per heavy atom. The van der Waals surface area contributed by atoms with Crippen LogP contribution in [-0.4, -0.2) is 51.6 Å². The van der Waals surface area contributed by atoms with E-state index in [1.165, 1.54) is 6.20 Å². The summed E-state index contributed by atoms with van der Waals surface area (Å²) in [6.07, 6.45) is 3.24. The number of esters is 1. The molecule has 0 bridgehead atoms. The highest BCUT2D eigenvalue weighted by atomic mass is 32.5. The summed E-state index contributed by atoms with van der Waals surface area (Å²) in [5.41, 5.74) is -1.32. The number of aliphatic hydroxyl groups is 1. The summed E-state index contributed by atoms with van der Waals surface area (Å²) in [5.74, 6) is 1.38. The van der Waals surface area contributed by atoms with Crippen LogP contribution in [0.1, 0.15) is 27.0 Å². The molecule has 36 heavy (non-hydrogen) atoms. The largest absolute Gasteiger partial charge is 0.462 e. The second-order valence-electron chi connectivity index (χ2n) is 8.30. The highest BCUT2D eigenvalue weighted by Gasteiger charge is 2.45. The molecule has 2 heterocycles. The van der Waals surface area contributed by atoms with Gasteiger partial charge in [0.25, 0.3) is 5.56 Å². The quantitative estimate of drug-likeness (QED) is 0.231. The normalized spacial score (nSPS) is 24.0. The fourth-order valence-corrected chi connectivity index (χ4v) is 5.85. The Balaban J connectivity index is 1.79. The molecule has 6 atom stereocenters. The van der Waals surface area contributed by atoms with Crippen LogP contribution in [0.2, 0.25) is 0 Å². The van der Waals surface area contributed by atoms with Gasteiger partial charge in [0.05, 0.1) is 18.6 Å². The molecule has 11 nitrogen and oxygen atoms in total. The van der Waals surface area contributed by atoms with Crippen molar-refractivity contribution in [2.75, 3.05) is 6.61 Å². The monoisotopic (exact) mass is 537 g/mol. The number of nitrogens with one attached hydrogen (secondary N) is 2. The number of carbonyl (C=O) groups excluding carboxylic acids is 1. The summed E-state index contributed by atoms with van der Waals surface area (Å²) in [6, 6.07) is 8.94. The van der Waals surface area contributed by atoms with Crippen LogP contribution in [0.4, 0.5) is 0 Å². The van der Waals surface area contributed by atoms with Gasteiger partial charge in [-0.05, 0) is 44.7 Å². The zero-order chi connectivity index (χ0) is 26.5. The predicted molar refractivity (Wildman–Crippen MR) is 135 cm³/mol. The van der Waals surface area contributed by atoms with E-state index in [1.54, 1.807) is 51.1 Å². The number of rotatable bonds is 10. The van der Waals surface area contributed by atoms with Gasteiger partial charge in [-0.25, -0.2) is 9.88 Å². The third kappa shape index (κ3) is 6.91. The molecule has 13 heteroatoms. The molecule has 0 aliphatic carbocycles. The van der Waals surface area contributed by atoms with Gasteiger partial charge in [-0.15, -0.1) is 6.42 Å². The van der Waals surface area contributed by atoms with Crippen molar-refractivity contribution in [3.05, 3.63) is 63.4 Å². The standard InChI is InChI=1S/C23H28N3O8PS/c1-5-17-20(28)18(33-21(17)26-12-11-19(27)24-23(26)30)13-31-35(36,34-16-9-7-6-8-10-16)25-15(4)22(29)32-14(2)3/h1,6-12,14-15,17-18,20-21,28H,13H2,2-4H3,(H,25,36)(H,24,27,30). The number of ether oxygens (including phenoxy) is 2. The summed E-state index contributed by atoms with van der Waals surface area (Å²) >= 11 is 5.66. The predicted octanol–water partition coefficient (Wildman–Crippen LogP) is 1.29. The molecule has 2 aromatic rings. The summed E-state index contributed by atoms with van der Waals surface area (Å²) in [6.45, 7) is 1.36. The molecule has 1 saturated heterocycles. The Kier molecular flexibility index (Phi) is 9.24. The molecule has 1 aliphatic heterocycles. The number of benzene rings is 1. The van der Waals surface area contributed by atoms with E-state index in [0.29, 0.717) is 5.75 Å². The number of hydrogen-bond acceptors (Lipinski definition) is 9. The van der Waals surface area contributed by atoms with Gasteiger partial charge in [0.2, 0.25) is 0 Å². The summed E-state index contributed by atoms with van der Waals surface area (Å²) in [4.78, 5) is 38.1. The minimum absolute atomic E-state index is 0.267. The number of para-hydroxylation sites is 1. The number of terminal acetylenes is 1. The number of aromatic nitrogens is 2. The van der Waals surface area contributed by atoms with E-state index in [0.717, 1.165) is 10.6 Å². The third-order valence-electron chi connectivity index (χ3n) is 5.12. The maximum absolute atomic E-state index is 12.4. The molecular weight excluding hydrogens is 509 g/mol. The van der Waals surface area contributed by atoms with E-state index in [9.17, 15) is 19.5 Å². The number of carbonyl (C=O) groups is 1.